The highest BCUT2D eigenvalue weighted by Gasteiger charge is 2.29. The maximum absolute atomic E-state index is 2.71. The predicted molar refractivity (Wildman–Crippen MR) is 105 cm³/mol. The van der Waals surface area contributed by atoms with E-state index in [1.54, 1.807) is 0 Å². The van der Waals surface area contributed by atoms with Crippen LogP contribution < -0.4 is 0 Å². The van der Waals surface area contributed by atoms with E-state index in [1.165, 1.54) is 62.4 Å². The average Bonchev–Trinajstić information content (AvgIpc) is 3.12. The van der Waals surface area contributed by atoms with E-state index in [-0.39, 0.29) is 0 Å². The van der Waals surface area contributed by atoms with Crippen molar-refractivity contribution in [2.24, 2.45) is 0 Å². The summed E-state index contributed by atoms with van der Waals surface area (Å²) < 4.78 is 0. The van der Waals surface area contributed by atoms with Crippen molar-refractivity contribution in [1.82, 2.24) is 14.7 Å². The highest BCUT2D eigenvalue weighted by atomic mass is 15.3. The molecule has 2 aromatic carbocycles. The molecule has 1 unspecified atom stereocenters. The Hall–Kier alpha value is -1.68. The summed E-state index contributed by atoms with van der Waals surface area (Å²) in [5, 5.41) is 0. The average molecular weight is 335 g/mol. The zero-order valence-electron chi connectivity index (χ0n) is 15.3. The first-order chi connectivity index (χ1) is 12.3. The summed E-state index contributed by atoms with van der Waals surface area (Å²) in [7, 11) is 2.23. The molecule has 0 radical (unpaired) electrons. The van der Waals surface area contributed by atoms with Crippen molar-refractivity contribution in [2.75, 3.05) is 46.3 Å². The Morgan fingerprint density at radius 3 is 2.20 bits per heavy atom. The minimum Gasteiger partial charge on any atom is -0.304 e. The summed E-state index contributed by atoms with van der Waals surface area (Å²) in [5.74, 6) is 0. The monoisotopic (exact) mass is 335 g/mol. The third-order valence-electron chi connectivity index (χ3n) is 5.77. The quantitative estimate of drug-likeness (QED) is 0.850. The number of hydrogen-bond acceptors (Lipinski definition) is 3. The number of hydrogen-bond donors (Lipinski definition) is 0. The molecule has 132 valence electrons. The van der Waals surface area contributed by atoms with E-state index in [9.17, 15) is 0 Å². The largest absolute Gasteiger partial charge is 0.304 e. The van der Waals surface area contributed by atoms with Crippen LogP contribution in [0.5, 0.6) is 0 Å². The molecule has 0 saturated carbocycles. The van der Waals surface area contributed by atoms with Gasteiger partial charge >= 0.3 is 0 Å². The number of likely N-dealkylation sites (N-methyl/N-ethyl adjacent to an activating group) is 1. The number of nitrogens with zero attached hydrogens (tertiary/aromatic N) is 3. The van der Waals surface area contributed by atoms with Gasteiger partial charge in [-0.15, -0.1) is 0 Å². The molecular weight excluding hydrogens is 306 g/mol. The highest BCUT2D eigenvalue weighted by molar-refractivity contribution is 5.63. The van der Waals surface area contributed by atoms with Crippen LogP contribution in [0.15, 0.2) is 54.6 Å². The smallest absolute Gasteiger partial charge is 0.0236 e. The van der Waals surface area contributed by atoms with Gasteiger partial charge in [0.2, 0.25) is 0 Å². The Morgan fingerprint density at radius 1 is 0.800 bits per heavy atom. The molecule has 2 aromatic rings. The van der Waals surface area contributed by atoms with Gasteiger partial charge in [0, 0.05) is 51.9 Å². The normalized spacial score (nSPS) is 23.2. The van der Waals surface area contributed by atoms with Crippen LogP contribution in [-0.4, -0.2) is 67.1 Å². The lowest BCUT2D eigenvalue weighted by atomic mass is 10.0. The first-order valence-corrected chi connectivity index (χ1v) is 9.57. The van der Waals surface area contributed by atoms with Gasteiger partial charge in [-0.25, -0.2) is 0 Å². The molecule has 3 heteroatoms. The molecular formula is C22H29N3. The summed E-state index contributed by atoms with van der Waals surface area (Å²) in [4.78, 5) is 7.77. The van der Waals surface area contributed by atoms with E-state index in [0.717, 1.165) is 12.6 Å². The summed E-state index contributed by atoms with van der Waals surface area (Å²) in [6.45, 7) is 8.46. The lowest BCUT2D eigenvalue weighted by molar-refractivity contribution is 0.112. The molecule has 2 aliphatic rings. The topological polar surface area (TPSA) is 9.72 Å². The molecule has 4 rings (SSSR count). The van der Waals surface area contributed by atoms with Crippen molar-refractivity contribution < 1.29 is 0 Å². The molecule has 0 bridgehead atoms. The molecule has 2 fully saturated rings. The van der Waals surface area contributed by atoms with Gasteiger partial charge in [0.1, 0.15) is 0 Å². The molecule has 0 N–H and O–H groups in total. The Labute approximate surface area is 151 Å². The van der Waals surface area contributed by atoms with Crippen LogP contribution in [0, 0.1) is 0 Å². The summed E-state index contributed by atoms with van der Waals surface area (Å²) in [6, 6.07) is 20.5. The van der Waals surface area contributed by atoms with Crippen LogP contribution in [-0.2, 0) is 6.54 Å². The van der Waals surface area contributed by atoms with E-state index in [0.29, 0.717) is 0 Å². The zero-order valence-corrected chi connectivity index (χ0v) is 15.3. The second kappa shape index (κ2) is 7.69. The third-order valence-corrected chi connectivity index (χ3v) is 5.77. The van der Waals surface area contributed by atoms with Crippen LogP contribution >= 0.6 is 0 Å². The van der Waals surface area contributed by atoms with Crippen LogP contribution in [0.4, 0.5) is 0 Å². The molecule has 1 atom stereocenters. The van der Waals surface area contributed by atoms with Gasteiger partial charge in [-0.1, -0.05) is 54.6 Å². The van der Waals surface area contributed by atoms with E-state index in [1.807, 2.05) is 0 Å². The van der Waals surface area contributed by atoms with Crippen molar-refractivity contribution >= 4 is 0 Å². The lowest BCUT2D eigenvalue weighted by Gasteiger charge is -2.36. The summed E-state index contributed by atoms with van der Waals surface area (Å²) in [5.41, 5.74) is 4.03. The van der Waals surface area contributed by atoms with Crippen LogP contribution in [0.25, 0.3) is 11.1 Å². The molecule has 3 nitrogen and oxygen atoms in total. The van der Waals surface area contributed by atoms with Gasteiger partial charge in [0.05, 0.1) is 0 Å². The Morgan fingerprint density at radius 2 is 1.48 bits per heavy atom. The number of likely N-dealkylation sites (tertiary alicyclic amines) is 1. The molecule has 2 heterocycles. The minimum absolute atomic E-state index is 0.761. The zero-order chi connectivity index (χ0) is 17.1. The van der Waals surface area contributed by atoms with Crippen molar-refractivity contribution in [3.8, 4) is 11.1 Å². The maximum atomic E-state index is 2.71. The SMILES string of the molecule is CN1CCN(C2CCN(Cc3ccc(-c4ccccc4)cc3)C2)CC1. The van der Waals surface area contributed by atoms with Crippen LogP contribution in [0.3, 0.4) is 0 Å². The Kier molecular flexibility index (Phi) is 5.16. The van der Waals surface area contributed by atoms with Gasteiger partial charge in [-0.2, -0.15) is 0 Å². The fraction of sp³-hybridized carbons (Fsp3) is 0.455. The van der Waals surface area contributed by atoms with Crippen molar-refractivity contribution in [2.45, 2.75) is 19.0 Å². The Balaban J connectivity index is 1.32. The lowest BCUT2D eigenvalue weighted by Crippen LogP contribution is -2.49. The van der Waals surface area contributed by atoms with Crippen molar-refractivity contribution in [3.05, 3.63) is 60.2 Å². The molecule has 2 saturated heterocycles. The molecule has 0 aliphatic carbocycles. The van der Waals surface area contributed by atoms with Gasteiger partial charge in [-0.05, 0) is 30.2 Å². The summed E-state index contributed by atoms with van der Waals surface area (Å²) >= 11 is 0. The van der Waals surface area contributed by atoms with Gasteiger partial charge in [0.25, 0.3) is 0 Å². The first-order valence-electron chi connectivity index (χ1n) is 9.57. The maximum Gasteiger partial charge on any atom is 0.0236 e. The van der Waals surface area contributed by atoms with Gasteiger partial charge in [-0.3, -0.25) is 9.80 Å². The van der Waals surface area contributed by atoms with Crippen LogP contribution in [0.2, 0.25) is 0 Å². The van der Waals surface area contributed by atoms with E-state index < -0.39 is 0 Å². The fourth-order valence-electron chi connectivity index (χ4n) is 4.13. The minimum atomic E-state index is 0.761. The second-order valence-electron chi connectivity index (χ2n) is 7.58. The van der Waals surface area contributed by atoms with E-state index in [2.05, 4.69) is 76.3 Å². The molecule has 0 amide bonds. The van der Waals surface area contributed by atoms with Gasteiger partial charge < -0.3 is 4.90 Å². The molecule has 25 heavy (non-hydrogen) atoms. The highest BCUT2D eigenvalue weighted by Crippen LogP contribution is 2.22. The number of piperazine rings is 1. The fourth-order valence-corrected chi connectivity index (χ4v) is 4.13. The van der Waals surface area contributed by atoms with Crippen LogP contribution in [0.1, 0.15) is 12.0 Å². The van der Waals surface area contributed by atoms with Gasteiger partial charge in [0.15, 0.2) is 0 Å². The first kappa shape index (κ1) is 16.8. The van der Waals surface area contributed by atoms with Crippen molar-refractivity contribution in [1.29, 1.82) is 0 Å². The van der Waals surface area contributed by atoms with Crippen molar-refractivity contribution in [3.63, 3.8) is 0 Å². The molecule has 0 spiro atoms. The summed E-state index contributed by atoms with van der Waals surface area (Å²) in [6.07, 6.45) is 1.33. The predicted octanol–water partition coefficient (Wildman–Crippen LogP) is 3.18. The van der Waals surface area contributed by atoms with E-state index in [4.69, 9.17) is 0 Å². The Bertz CT molecular complexity index is 659. The molecule has 2 aliphatic heterocycles. The number of benzene rings is 2. The number of rotatable bonds is 4. The second-order valence-corrected chi connectivity index (χ2v) is 7.58. The standard InChI is InChI=1S/C22H29N3/c1-23-13-15-25(16-14-23)22-11-12-24(18-22)17-19-7-9-21(10-8-19)20-5-3-2-4-6-20/h2-10,22H,11-18H2,1H3. The van der Waals surface area contributed by atoms with E-state index >= 15 is 0 Å². The molecule has 0 aromatic heterocycles. The third kappa shape index (κ3) is 4.12.